The van der Waals surface area contributed by atoms with Crippen molar-refractivity contribution in [2.45, 2.75) is 32.4 Å². The third-order valence-corrected chi connectivity index (χ3v) is 3.20. The number of halogens is 1. The highest BCUT2D eigenvalue weighted by Crippen LogP contribution is 2.28. The highest BCUT2D eigenvalue weighted by atomic mass is 19.1. The number of nitrogens with one attached hydrogen (secondary N) is 2. The number of para-hydroxylation sites is 1. The summed E-state index contributed by atoms with van der Waals surface area (Å²) in [4.78, 5) is 13.5. The van der Waals surface area contributed by atoms with Gasteiger partial charge in [-0.3, -0.25) is 4.79 Å². The Kier molecular flexibility index (Phi) is 3.93. The van der Waals surface area contributed by atoms with Gasteiger partial charge in [0.05, 0.1) is 11.4 Å². The molecule has 1 aliphatic heterocycles. The first-order valence-corrected chi connectivity index (χ1v) is 6.55. The minimum absolute atomic E-state index is 0.0127. The SMILES string of the molecule is CC(C)Nc1cccc(F)c1N[C@@H]1CCN(C)C1=O. The first kappa shape index (κ1) is 13.6. The zero-order valence-corrected chi connectivity index (χ0v) is 11.5. The lowest BCUT2D eigenvalue weighted by Crippen LogP contribution is -2.31. The van der Waals surface area contributed by atoms with E-state index in [4.69, 9.17) is 0 Å². The fourth-order valence-corrected chi connectivity index (χ4v) is 2.23. The van der Waals surface area contributed by atoms with Crippen LogP contribution >= 0.6 is 0 Å². The normalized spacial score (nSPS) is 19.1. The highest BCUT2D eigenvalue weighted by molar-refractivity contribution is 5.87. The molecule has 1 amide bonds. The van der Waals surface area contributed by atoms with E-state index in [1.165, 1.54) is 6.07 Å². The van der Waals surface area contributed by atoms with Gasteiger partial charge in [-0.1, -0.05) is 6.07 Å². The van der Waals surface area contributed by atoms with Gasteiger partial charge in [0.25, 0.3) is 0 Å². The lowest BCUT2D eigenvalue weighted by Gasteiger charge is -2.19. The zero-order valence-electron chi connectivity index (χ0n) is 11.5. The van der Waals surface area contributed by atoms with E-state index < -0.39 is 0 Å². The number of hydrogen-bond acceptors (Lipinski definition) is 3. The summed E-state index contributed by atoms with van der Waals surface area (Å²) in [5.41, 5.74) is 1.07. The number of carbonyl (C=O) groups is 1. The number of anilines is 2. The zero-order chi connectivity index (χ0) is 14.0. The van der Waals surface area contributed by atoms with Gasteiger partial charge in [0.2, 0.25) is 5.91 Å². The van der Waals surface area contributed by atoms with E-state index in [-0.39, 0.29) is 23.8 Å². The van der Waals surface area contributed by atoms with Gasteiger partial charge in [-0.25, -0.2) is 4.39 Å². The Bertz CT molecular complexity index is 476. The van der Waals surface area contributed by atoms with Crippen LogP contribution in [0, 0.1) is 5.82 Å². The summed E-state index contributed by atoms with van der Waals surface area (Å²) in [7, 11) is 1.76. The summed E-state index contributed by atoms with van der Waals surface area (Å²) >= 11 is 0. The molecule has 5 heteroatoms. The molecule has 0 bridgehead atoms. The molecule has 4 nitrogen and oxygen atoms in total. The fourth-order valence-electron chi connectivity index (χ4n) is 2.23. The van der Waals surface area contributed by atoms with Crippen LogP contribution in [-0.4, -0.2) is 36.5 Å². The van der Waals surface area contributed by atoms with Gasteiger partial charge in [0, 0.05) is 19.6 Å². The first-order chi connectivity index (χ1) is 8.99. The van der Waals surface area contributed by atoms with Gasteiger partial charge >= 0.3 is 0 Å². The molecule has 0 aliphatic carbocycles. The number of carbonyl (C=O) groups excluding carboxylic acids is 1. The molecule has 104 valence electrons. The quantitative estimate of drug-likeness (QED) is 0.878. The molecule has 1 fully saturated rings. The molecule has 0 unspecified atom stereocenters. The molecule has 2 rings (SSSR count). The number of benzene rings is 1. The minimum atomic E-state index is -0.340. The van der Waals surface area contributed by atoms with Gasteiger partial charge in [0.15, 0.2) is 0 Å². The molecule has 0 spiro atoms. The number of hydrogen-bond donors (Lipinski definition) is 2. The van der Waals surface area contributed by atoms with Crippen LogP contribution in [0.5, 0.6) is 0 Å². The summed E-state index contributed by atoms with van der Waals surface area (Å²) in [6, 6.07) is 4.73. The smallest absolute Gasteiger partial charge is 0.244 e. The number of nitrogens with zero attached hydrogens (tertiary/aromatic N) is 1. The molecule has 0 aromatic heterocycles. The van der Waals surface area contributed by atoms with Crippen LogP contribution in [0.15, 0.2) is 18.2 Å². The molecule has 19 heavy (non-hydrogen) atoms. The number of amides is 1. The maximum Gasteiger partial charge on any atom is 0.244 e. The van der Waals surface area contributed by atoms with Gasteiger partial charge < -0.3 is 15.5 Å². The Hall–Kier alpha value is -1.78. The predicted octanol–water partition coefficient (Wildman–Crippen LogP) is 2.29. The molecule has 0 radical (unpaired) electrons. The van der Waals surface area contributed by atoms with E-state index in [0.29, 0.717) is 24.3 Å². The third kappa shape index (κ3) is 2.97. The largest absolute Gasteiger partial charge is 0.381 e. The van der Waals surface area contributed by atoms with Gasteiger partial charge in [-0.2, -0.15) is 0 Å². The van der Waals surface area contributed by atoms with Crippen LogP contribution in [0.25, 0.3) is 0 Å². The van der Waals surface area contributed by atoms with Crippen LogP contribution in [0.4, 0.5) is 15.8 Å². The number of likely N-dealkylation sites (N-methyl/N-ethyl adjacent to an activating group) is 1. The molecule has 2 N–H and O–H groups in total. The summed E-state index contributed by atoms with van der Waals surface area (Å²) in [6.07, 6.45) is 0.699. The first-order valence-electron chi connectivity index (χ1n) is 6.55. The second-order valence-electron chi connectivity index (χ2n) is 5.21. The Balaban J connectivity index is 2.21. The third-order valence-electron chi connectivity index (χ3n) is 3.20. The lowest BCUT2D eigenvalue weighted by molar-refractivity contribution is -0.127. The molecule has 1 aliphatic rings. The van der Waals surface area contributed by atoms with Crippen molar-refractivity contribution in [1.82, 2.24) is 4.90 Å². The van der Waals surface area contributed by atoms with Crippen LogP contribution in [0.2, 0.25) is 0 Å². The molecule has 0 saturated carbocycles. The maximum absolute atomic E-state index is 14.0. The lowest BCUT2D eigenvalue weighted by atomic mass is 10.2. The highest BCUT2D eigenvalue weighted by Gasteiger charge is 2.30. The van der Waals surface area contributed by atoms with Crippen LogP contribution in [0.3, 0.4) is 0 Å². The van der Waals surface area contributed by atoms with Crippen LogP contribution < -0.4 is 10.6 Å². The molecule has 1 saturated heterocycles. The second kappa shape index (κ2) is 5.47. The summed E-state index contributed by atoms with van der Waals surface area (Å²) < 4.78 is 14.0. The van der Waals surface area contributed by atoms with E-state index in [2.05, 4.69) is 10.6 Å². The average molecular weight is 265 g/mol. The van der Waals surface area contributed by atoms with Crippen LogP contribution in [-0.2, 0) is 4.79 Å². The second-order valence-corrected chi connectivity index (χ2v) is 5.21. The molecule has 1 atom stereocenters. The minimum Gasteiger partial charge on any atom is -0.381 e. The van der Waals surface area contributed by atoms with Crippen LogP contribution in [0.1, 0.15) is 20.3 Å². The van der Waals surface area contributed by atoms with E-state index in [1.54, 1.807) is 18.0 Å². The molecular formula is C14H20FN3O. The Labute approximate surface area is 113 Å². The van der Waals surface area contributed by atoms with Crippen molar-refractivity contribution >= 4 is 17.3 Å². The van der Waals surface area contributed by atoms with Crippen molar-refractivity contribution in [1.29, 1.82) is 0 Å². The number of rotatable bonds is 4. The monoisotopic (exact) mass is 265 g/mol. The van der Waals surface area contributed by atoms with E-state index in [1.807, 2.05) is 19.9 Å². The van der Waals surface area contributed by atoms with Gasteiger partial charge in [0.1, 0.15) is 11.9 Å². The van der Waals surface area contributed by atoms with E-state index in [9.17, 15) is 9.18 Å². The summed E-state index contributed by atoms with van der Waals surface area (Å²) in [5, 5.41) is 6.22. The van der Waals surface area contributed by atoms with E-state index >= 15 is 0 Å². The molecule has 1 heterocycles. The van der Waals surface area contributed by atoms with Crippen molar-refractivity contribution in [2.75, 3.05) is 24.2 Å². The molecule has 1 aromatic carbocycles. The predicted molar refractivity (Wildman–Crippen MR) is 74.8 cm³/mol. The Morgan fingerprint density at radius 1 is 1.42 bits per heavy atom. The Morgan fingerprint density at radius 2 is 2.16 bits per heavy atom. The number of likely N-dealkylation sites (tertiary alicyclic amines) is 1. The summed E-state index contributed by atoms with van der Waals surface area (Å²) in [5.74, 6) is -0.327. The van der Waals surface area contributed by atoms with Crippen molar-refractivity contribution in [3.8, 4) is 0 Å². The standard InChI is InChI=1S/C14H20FN3O/c1-9(2)16-11-6-4-5-10(15)13(11)17-12-7-8-18(3)14(12)19/h4-6,9,12,16-17H,7-8H2,1-3H3/t12-/m1/s1. The molecule has 1 aromatic rings. The van der Waals surface area contributed by atoms with E-state index in [0.717, 1.165) is 0 Å². The average Bonchev–Trinajstić information content (AvgIpc) is 2.64. The van der Waals surface area contributed by atoms with Crippen molar-refractivity contribution in [3.63, 3.8) is 0 Å². The topological polar surface area (TPSA) is 44.4 Å². The fraction of sp³-hybridized carbons (Fsp3) is 0.500. The molecular weight excluding hydrogens is 245 g/mol. The van der Waals surface area contributed by atoms with Crippen molar-refractivity contribution < 1.29 is 9.18 Å². The summed E-state index contributed by atoms with van der Waals surface area (Å²) in [6.45, 7) is 4.68. The van der Waals surface area contributed by atoms with Gasteiger partial charge in [-0.05, 0) is 32.4 Å². The van der Waals surface area contributed by atoms with Crippen molar-refractivity contribution in [2.24, 2.45) is 0 Å². The maximum atomic E-state index is 14.0. The van der Waals surface area contributed by atoms with Crippen molar-refractivity contribution in [3.05, 3.63) is 24.0 Å². The Morgan fingerprint density at radius 3 is 2.74 bits per heavy atom. The van der Waals surface area contributed by atoms with Gasteiger partial charge in [-0.15, -0.1) is 0 Å².